The van der Waals surface area contributed by atoms with E-state index in [4.69, 9.17) is 4.42 Å². The van der Waals surface area contributed by atoms with E-state index in [2.05, 4.69) is 20.0 Å². The predicted octanol–water partition coefficient (Wildman–Crippen LogP) is 3.14. The van der Waals surface area contributed by atoms with Crippen LogP contribution in [0.25, 0.3) is 0 Å². The van der Waals surface area contributed by atoms with Gasteiger partial charge in [-0.1, -0.05) is 42.8 Å². The Hall–Kier alpha value is -2.43. The molecule has 1 aromatic carbocycles. The lowest BCUT2D eigenvalue weighted by atomic mass is 9.96. The van der Waals surface area contributed by atoms with Crippen LogP contribution in [0.15, 0.2) is 74.6 Å². The van der Waals surface area contributed by atoms with Crippen molar-refractivity contribution in [3.05, 3.63) is 60.8 Å². The summed E-state index contributed by atoms with van der Waals surface area (Å²) < 4.78 is 35.2. The van der Waals surface area contributed by atoms with E-state index in [9.17, 15) is 8.42 Å². The van der Waals surface area contributed by atoms with E-state index in [0.29, 0.717) is 10.9 Å². The van der Waals surface area contributed by atoms with Gasteiger partial charge in [0.2, 0.25) is 15.2 Å². The highest BCUT2D eigenvalue weighted by Crippen LogP contribution is 2.33. The number of hydrogen-bond donors (Lipinski definition) is 1. The van der Waals surface area contributed by atoms with Gasteiger partial charge >= 0.3 is 0 Å². The van der Waals surface area contributed by atoms with E-state index in [1.807, 2.05) is 0 Å². The van der Waals surface area contributed by atoms with E-state index in [1.54, 1.807) is 59.6 Å². The molecule has 1 saturated carbocycles. The zero-order valence-electron chi connectivity index (χ0n) is 15.6. The monoisotopic (exact) mass is 431 g/mol. The van der Waals surface area contributed by atoms with Gasteiger partial charge in [0.1, 0.15) is 12.1 Å². The summed E-state index contributed by atoms with van der Waals surface area (Å²) in [5, 5.41) is 13.1. The number of hydrogen-bond acceptors (Lipinski definition) is 7. The van der Waals surface area contributed by atoms with Crippen LogP contribution in [0.3, 0.4) is 0 Å². The smallest absolute Gasteiger partial charge is 0.240 e. The second kappa shape index (κ2) is 8.93. The molecule has 1 fully saturated rings. The van der Waals surface area contributed by atoms with Crippen molar-refractivity contribution in [2.45, 2.75) is 47.0 Å². The van der Waals surface area contributed by atoms with Crippen molar-refractivity contribution >= 4 is 28.0 Å². The van der Waals surface area contributed by atoms with Gasteiger partial charge in [-0.2, -0.15) is 9.78 Å². The van der Waals surface area contributed by atoms with Gasteiger partial charge in [0.05, 0.1) is 17.4 Å². The predicted molar refractivity (Wildman–Crippen MR) is 110 cm³/mol. The maximum absolute atomic E-state index is 12.8. The van der Waals surface area contributed by atoms with Gasteiger partial charge in [-0.3, -0.25) is 0 Å². The Morgan fingerprint density at radius 2 is 2.00 bits per heavy atom. The topological polar surface area (TPSA) is 102 Å². The van der Waals surface area contributed by atoms with Crippen molar-refractivity contribution in [1.29, 1.82) is 0 Å². The van der Waals surface area contributed by atoms with E-state index in [-0.39, 0.29) is 16.2 Å². The lowest BCUT2D eigenvalue weighted by Crippen LogP contribution is -2.43. The van der Waals surface area contributed by atoms with Crippen molar-refractivity contribution in [2.24, 2.45) is 5.10 Å². The molecular weight excluding hydrogens is 410 g/mol. The second-order valence-electron chi connectivity index (χ2n) is 6.70. The van der Waals surface area contributed by atoms with Crippen LogP contribution in [0.4, 0.5) is 0 Å². The Morgan fingerprint density at radius 3 is 2.79 bits per heavy atom. The number of sulfonamides is 1. The number of nitrogens with zero attached hydrogens (tertiary/aromatic N) is 4. The molecule has 1 aliphatic rings. The van der Waals surface area contributed by atoms with Crippen molar-refractivity contribution in [3.8, 4) is 0 Å². The summed E-state index contributed by atoms with van der Waals surface area (Å²) in [7, 11) is -3.57. The lowest BCUT2D eigenvalue weighted by Gasteiger charge is -2.31. The highest BCUT2D eigenvalue weighted by molar-refractivity contribution is 7.99. The first-order chi connectivity index (χ1) is 14.1. The number of rotatable bonds is 7. The minimum atomic E-state index is -3.57. The molecule has 4 rings (SSSR count). The fourth-order valence-electron chi connectivity index (χ4n) is 3.24. The van der Waals surface area contributed by atoms with Crippen molar-refractivity contribution in [1.82, 2.24) is 19.6 Å². The zero-order chi connectivity index (χ0) is 20.1. The van der Waals surface area contributed by atoms with Crippen molar-refractivity contribution < 1.29 is 12.8 Å². The van der Waals surface area contributed by atoms with Crippen molar-refractivity contribution in [3.63, 3.8) is 0 Å². The van der Waals surface area contributed by atoms with Crippen LogP contribution in [-0.2, 0) is 10.0 Å². The molecule has 2 unspecified atom stereocenters. The molecule has 2 heterocycles. The third kappa shape index (κ3) is 4.95. The molecule has 3 aromatic rings. The van der Waals surface area contributed by atoms with E-state index < -0.39 is 10.0 Å². The molecule has 2 atom stereocenters. The largest absolute Gasteiger partial charge is 0.463 e. The fourth-order valence-corrected chi connectivity index (χ4v) is 5.87. The Bertz CT molecular complexity index is 1050. The minimum Gasteiger partial charge on any atom is -0.463 e. The maximum atomic E-state index is 12.8. The molecule has 1 N–H and O–H groups in total. The van der Waals surface area contributed by atoms with Crippen LogP contribution in [0.2, 0.25) is 0 Å². The fraction of sp³-hybridized carbons (Fsp3) is 0.316. The van der Waals surface area contributed by atoms with E-state index in [0.717, 1.165) is 25.7 Å². The van der Waals surface area contributed by atoms with Crippen LogP contribution in [-0.4, -0.2) is 40.8 Å². The van der Waals surface area contributed by atoms with Crippen molar-refractivity contribution in [2.75, 3.05) is 0 Å². The average Bonchev–Trinajstić information content (AvgIpc) is 3.40. The Kier molecular flexibility index (Phi) is 6.12. The quantitative estimate of drug-likeness (QED) is 0.577. The number of furan rings is 1. The Labute approximate surface area is 173 Å². The molecule has 0 aliphatic heterocycles. The van der Waals surface area contributed by atoms with Crippen LogP contribution < -0.4 is 4.72 Å². The Balaban J connectivity index is 1.48. The van der Waals surface area contributed by atoms with Gasteiger partial charge in [0.15, 0.2) is 0 Å². The number of thioether (sulfide) groups is 1. The number of aromatic nitrogens is 3. The molecule has 0 saturated heterocycles. The third-order valence-corrected chi connectivity index (χ3v) is 7.52. The van der Waals surface area contributed by atoms with Crippen LogP contribution in [0.1, 0.15) is 31.4 Å². The lowest BCUT2D eigenvalue weighted by molar-refractivity contribution is 0.422. The Morgan fingerprint density at radius 1 is 1.17 bits per heavy atom. The van der Waals surface area contributed by atoms with Gasteiger partial charge in [0, 0.05) is 11.3 Å². The molecule has 1 aliphatic carbocycles. The summed E-state index contributed by atoms with van der Waals surface area (Å²) in [5.74, 6) is 0.626. The molecule has 0 amide bonds. The van der Waals surface area contributed by atoms with E-state index >= 15 is 0 Å². The van der Waals surface area contributed by atoms with Gasteiger partial charge in [0.25, 0.3) is 0 Å². The molecule has 29 heavy (non-hydrogen) atoms. The van der Waals surface area contributed by atoms with Crippen LogP contribution in [0, 0.1) is 0 Å². The van der Waals surface area contributed by atoms with Gasteiger partial charge in [-0.25, -0.2) is 13.1 Å². The average molecular weight is 432 g/mol. The third-order valence-electron chi connectivity index (χ3n) is 4.67. The molecular formula is C19H21N5O3S2. The van der Waals surface area contributed by atoms with Crippen LogP contribution in [0.5, 0.6) is 0 Å². The van der Waals surface area contributed by atoms with Crippen LogP contribution >= 0.6 is 11.8 Å². The van der Waals surface area contributed by atoms with Gasteiger partial charge < -0.3 is 4.42 Å². The molecule has 0 bridgehead atoms. The molecule has 2 aromatic heterocycles. The molecule has 0 spiro atoms. The van der Waals surface area contributed by atoms with E-state index in [1.165, 1.54) is 18.1 Å². The summed E-state index contributed by atoms with van der Waals surface area (Å²) in [6, 6.07) is 11.9. The molecule has 8 nitrogen and oxygen atoms in total. The zero-order valence-corrected chi connectivity index (χ0v) is 17.2. The maximum Gasteiger partial charge on any atom is 0.240 e. The number of nitrogens with one attached hydrogen (secondary N) is 1. The highest BCUT2D eigenvalue weighted by Gasteiger charge is 2.31. The molecule has 0 radical (unpaired) electrons. The first-order valence-electron chi connectivity index (χ1n) is 9.34. The summed E-state index contributed by atoms with van der Waals surface area (Å²) in [4.78, 5) is 0.278. The van der Waals surface area contributed by atoms with Gasteiger partial charge in [-0.05, 0) is 37.1 Å². The number of benzene rings is 1. The standard InChI is InChI=1S/C19H21N5O3S2/c25-29(26,16-8-2-1-3-9-16)23-17-10-4-5-11-18(17)28-19-22-20-14-24(19)21-13-15-7-6-12-27-15/h1-3,6-9,12-14,17-18,23H,4-5,10-11H2/b21-13+. The first-order valence-corrected chi connectivity index (χ1v) is 11.7. The minimum absolute atomic E-state index is 0.0454. The van der Waals surface area contributed by atoms with Gasteiger partial charge in [-0.15, -0.1) is 10.2 Å². The summed E-state index contributed by atoms with van der Waals surface area (Å²) >= 11 is 1.50. The molecule has 10 heteroatoms. The first kappa shape index (κ1) is 19.9. The summed E-state index contributed by atoms with van der Waals surface area (Å²) in [5.41, 5.74) is 0. The summed E-state index contributed by atoms with van der Waals surface area (Å²) in [6.45, 7) is 0. The summed E-state index contributed by atoms with van der Waals surface area (Å²) in [6.07, 6.45) is 8.40. The SMILES string of the molecule is O=S(=O)(NC1CCCCC1Sc1nncn1/N=C/c1ccco1)c1ccccc1. The highest BCUT2D eigenvalue weighted by atomic mass is 32.2. The molecule has 152 valence electrons. The normalized spacial score (nSPS) is 20.3. The second-order valence-corrected chi connectivity index (χ2v) is 9.62.